The molecule has 3 heteroatoms. The van der Waals surface area contributed by atoms with Crippen molar-refractivity contribution in [2.75, 3.05) is 0 Å². The van der Waals surface area contributed by atoms with E-state index < -0.39 is 12.2 Å². The molecule has 3 rings (SSSR count). The summed E-state index contributed by atoms with van der Waals surface area (Å²) in [7, 11) is 0. The molecule has 0 aliphatic heterocycles. The Morgan fingerprint density at radius 1 is 1.07 bits per heavy atom. The van der Waals surface area contributed by atoms with Crippen LogP contribution in [0.25, 0.3) is 0 Å². The number of fused-ring (bicyclic) bond motifs is 1. The predicted molar refractivity (Wildman–Crippen MR) is 119 cm³/mol. The molecule has 3 aliphatic carbocycles. The van der Waals surface area contributed by atoms with E-state index in [-0.39, 0.29) is 12.0 Å². The van der Waals surface area contributed by atoms with E-state index >= 15 is 0 Å². The van der Waals surface area contributed by atoms with Gasteiger partial charge in [0.2, 0.25) is 0 Å². The van der Waals surface area contributed by atoms with Gasteiger partial charge in [-0.3, -0.25) is 0 Å². The van der Waals surface area contributed by atoms with Crippen LogP contribution in [0.5, 0.6) is 0 Å². The van der Waals surface area contributed by atoms with Crippen molar-refractivity contribution >= 4 is 0 Å². The van der Waals surface area contributed by atoms with E-state index in [9.17, 15) is 15.3 Å². The highest BCUT2D eigenvalue weighted by Crippen LogP contribution is 2.59. The summed E-state index contributed by atoms with van der Waals surface area (Å²) in [5.74, 6) is 2.18. The number of allylic oxidation sites excluding steroid dienone is 3. The SMILES string of the molecule is CC1[C@H](O)CC(=CC=C2CCC[C@]3(C)[C@@H]([C@@H](C)CCC[C@@H](C)O)CC[C@@H]23)C[C@H]1O. The van der Waals surface area contributed by atoms with Gasteiger partial charge in [-0.15, -0.1) is 0 Å². The zero-order chi connectivity index (χ0) is 21.2. The standard InChI is InChI=1S/C26H44O3/c1-17(7-5-8-18(2)27)22-12-13-23-21(9-6-14-26(22,23)4)11-10-20-15-24(28)19(3)25(29)16-20/h10-11,17-19,22-25,27-29H,5-9,12-16H2,1-4H3/t17-,18+,19?,22+,23-,24+,25+,26+/m0/s1. The second-order valence-corrected chi connectivity index (χ2v) is 10.8. The van der Waals surface area contributed by atoms with Crippen LogP contribution in [0, 0.1) is 29.1 Å². The van der Waals surface area contributed by atoms with Gasteiger partial charge in [-0.2, -0.15) is 0 Å². The number of hydrogen-bond acceptors (Lipinski definition) is 3. The molecule has 0 aromatic heterocycles. The van der Waals surface area contributed by atoms with E-state index in [0.29, 0.717) is 24.2 Å². The highest BCUT2D eigenvalue weighted by molar-refractivity contribution is 5.26. The summed E-state index contributed by atoms with van der Waals surface area (Å²) in [6, 6.07) is 0. The summed E-state index contributed by atoms with van der Waals surface area (Å²) in [4.78, 5) is 0. The summed E-state index contributed by atoms with van der Waals surface area (Å²) >= 11 is 0. The Bertz CT molecular complexity index is 593. The number of aliphatic hydroxyl groups is 3. The molecular formula is C26H44O3. The maximum absolute atomic E-state index is 10.2. The first-order chi connectivity index (χ1) is 13.7. The van der Waals surface area contributed by atoms with Gasteiger partial charge in [0, 0.05) is 5.92 Å². The van der Waals surface area contributed by atoms with Gasteiger partial charge in [-0.05, 0) is 81.5 Å². The van der Waals surface area contributed by atoms with Crippen molar-refractivity contribution in [3.63, 3.8) is 0 Å². The monoisotopic (exact) mass is 404 g/mol. The summed E-state index contributed by atoms with van der Waals surface area (Å²) in [6.45, 7) is 8.82. The second kappa shape index (κ2) is 9.66. The van der Waals surface area contributed by atoms with Gasteiger partial charge in [0.1, 0.15) is 0 Å². The molecule has 0 heterocycles. The lowest BCUT2D eigenvalue weighted by Crippen LogP contribution is -2.36. The Morgan fingerprint density at radius 2 is 1.76 bits per heavy atom. The molecular weight excluding hydrogens is 360 g/mol. The van der Waals surface area contributed by atoms with Gasteiger partial charge in [0.25, 0.3) is 0 Å². The average Bonchev–Trinajstić information content (AvgIpc) is 3.01. The minimum atomic E-state index is -0.418. The van der Waals surface area contributed by atoms with Gasteiger partial charge in [-0.25, -0.2) is 0 Å². The molecule has 3 N–H and O–H groups in total. The van der Waals surface area contributed by atoms with Crippen LogP contribution in [0.3, 0.4) is 0 Å². The fourth-order valence-electron chi connectivity index (χ4n) is 6.76. The van der Waals surface area contributed by atoms with E-state index in [2.05, 4.69) is 26.0 Å². The Morgan fingerprint density at radius 3 is 2.41 bits per heavy atom. The van der Waals surface area contributed by atoms with Crippen LogP contribution in [0.15, 0.2) is 23.3 Å². The molecule has 3 aliphatic rings. The van der Waals surface area contributed by atoms with E-state index in [1.807, 2.05) is 13.8 Å². The van der Waals surface area contributed by atoms with Crippen LogP contribution >= 0.6 is 0 Å². The van der Waals surface area contributed by atoms with E-state index in [0.717, 1.165) is 24.7 Å². The lowest BCUT2D eigenvalue weighted by Gasteiger charge is -2.44. The Hall–Kier alpha value is -0.640. The van der Waals surface area contributed by atoms with Gasteiger partial charge in [0.05, 0.1) is 18.3 Å². The highest BCUT2D eigenvalue weighted by atomic mass is 16.3. The van der Waals surface area contributed by atoms with Crippen molar-refractivity contribution in [3.8, 4) is 0 Å². The molecule has 0 aromatic carbocycles. The quantitative estimate of drug-likeness (QED) is 0.556. The molecule has 0 saturated heterocycles. The van der Waals surface area contributed by atoms with Crippen LogP contribution in [0.2, 0.25) is 0 Å². The molecule has 0 radical (unpaired) electrons. The first-order valence-corrected chi connectivity index (χ1v) is 12.1. The molecule has 29 heavy (non-hydrogen) atoms. The molecule has 7 atom stereocenters. The third-order valence-corrected chi connectivity index (χ3v) is 8.70. The van der Waals surface area contributed by atoms with Crippen LogP contribution in [-0.4, -0.2) is 33.6 Å². The molecule has 0 unspecified atom stereocenters. The summed E-state index contributed by atoms with van der Waals surface area (Å²) < 4.78 is 0. The van der Waals surface area contributed by atoms with Crippen LogP contribution in [0.4, 0.5) is 0 Å². The first kappa shape index (κ1) is 23.0. The third-order valence-electron chi connectivity index (χ3n) is 8.70. The number of rotatable bonds is 6. The van der Waals surface area contributed by atoms with Crippen molar-refractivity contribution in [1.82, 2.24) is 0 Å². The van der Waals surface area contributed by atoms with Crippen molar-refractivity contribution in [2.45, 2.75) is 110 Å². The smallest absolute Gasteiger partial charge is 0.0627 e. The molecule has 3 nitrogen and oxygen atoms in total. The fourth-order valence-corrected chi connectivity index (χ4v) is 6.76. The van der Waals surface area contributed by atoms with E-state index in [4.69, 9.17) is 0 Å². The average molecular weight is 405 g/mol. The van der Waals surface area contributed by atoms with Crippen molar-refractivity contribution in [1.29, 1.82) is 0 Å². The first-order valence-electron chi connectivity index (χ1n) is 12.1. The van der Waals surface area contributed by atoms with Gasteiger partial charge >= 0.3 is 0 Å². The summed E-state index contributed by atoms with van der Waals surface area (Å²) in [5.41, 5.74) is 3.21. The maximum atomic E-state index is 10.2. The zero-order valence-electron chi connectivity index (χ0n) is 19.1. The lowest BCUT2D eigenvalue weighted by molar-refractivity contribution is 0.00406. The van der Waals surface area contributed by atoms with E-state index in [1.165, 1.54) is 44.1 Å². The largest absolute Gasteiger partial charge is 0.393 e. The minimum absolute atomic E-state index is 0.0244. The summed E-state index contributed by atoms with van der Waals surface area (Å²) in [6.07, 6.45) is 14.7. The topological polar surface area (TPSA) is 60.7 Å². The van der Waals surface area contributed by atoms with Crippen LogP contribution in [-0.2, 0) is 0 Å². The zero-order valence-corrected chi connectivity index (χ0v) is 19.1. The highest BCUT2D eigenvalue weighted by Gasteiger charge is 2.50. The Balaban J connectivity index is 1.68. The summed E-state index contributed by atoms with van der Waals surface area (Å²) in [5, 5.41) is 30.0. The third kappa shape index (κ3) is 5.17. The molecule has 0 bridgehead atoms. The molecule has 0 spiro atoms. The van der Waals surface area contributed by atoms with Crippen LogP contribution < -0.4 is 0 Å². The van der Waals surface area contributed by atoms with E-state index in [1.54, 1.807) is 5.57 Å². The molecule has 0 aromatic rings. The van der Waals surface area contributed by atoms with Crippen molar-refractivity contribution < 1.29 is 15.3 Å². The predicted octanol–water partition coefficient (Wildman–Crippen LogP) is 5.39. The molecule has 3 saturated carbocycles. The normalized spacial score (nSPS) is 41.3. The maximum Gasteiger partial charge on any atom is 0.0627 e. The van der Waals surface area contributed by atoms with Gasteiger partial charge < -0.3 is 15.3 Å². The van der Waals surface area contributed by atoms with Crippen molar-refractivity contribution in [3.05, 3.63) is 23.3 Å². The molecule has 0 amide bonds. The Labute approximate surface area is 178 Å². The minimum Gasteiger partial charge on any atom is -0.393 e. The van der Waals surface area contributed by atoms with Crippen LogP contribution in [0.1, 0.15) is 91.9 Å². The molecule has 166 valence electrons. The number of hydrogen-bond donors (Lipinski definition) is 3. The van der Waals surface area contributed by atoms with Gasteiger partial charge in [0.15, 0.2) is 0 Å². The Kier molecular flexibility index (Phi) is 7.67. The lowest BCUT2D eigenvalue weighted by atomic mass is 9.60. The van der Waals surface area contributed by atoms with Crippen molar-refractivity contribution in [2.24, 2.45) is 29.1 Å². The van der Waals surface area contributed by atoms with Gasteiger partial charge in [-0.1, -0.05) is 56.9 Å². The fraction of sp³-hybridized carbons (Fsp3) is 0.846. The number of aliphatic hydroxyl groups excluding tert-OH is 3. The molecule has 3 fully saturated rings. The second-order valence-electron chi connectivity index (χ2n) is 10.8.